The van der Waals surface area contributed by atoms with Crippen LogP contribution in [0.1, 0.15) is 6.42 Å². The lowest BCUT2D eigenvalue weighted by Crippen LogP contribution is -2.43. The molecule has 0 bridgehead atoms. The lowest BCUT2D eigenvalue weighted by atomic mass is 10.2. The molecule has 3 N–H and O–H groups in total. The number of hydrogen-bond donors (Lipinski definition) is 2. The van der Waals surface area contributed by atoms with Crippen molar-refractivity contribution >= 4 is 44.6 Å². The van der Waals surface area contributed by atoms with Gasteiger partial charge in [-0.25, -0.2) is 8.42 Å². The summed E-state index contributed by atoms with van der Waals surface area (Å²) >= 11 is 6.15. The molecule has 116 valence electrons. The van der Waals surface area contributed by atoms with Crippen LogP contribution in [0.5, 0.6) is 0 Å². The average molecular weight is 356 g/mol. The maximum atomic E-state index is 12.4. The highest BCUT2D eigenvalue weighted by Gasteiger charge is 2.43. The van der Waals surface area contributed by atoms with Gasteiger partial charge in [0, 0.05) is 19.0 Å². The van der Waals surface area contributed by atoms with Crippen molar-refractivity contribution in [3.8, 4) is 0 Å². The second-order valence-corrected chi connectivity index (χ2v) is 8.14. The van der Waals surface area contributed by atoms with Crippen molar-refractivity contribution in [1.82, 2.24) is 4.31 Å². The van der Waals surface area contributed by atoms with Crippen molar-refractivity contribution in [3.05, 3.63) is 20.5 Å². The van der Waals surface area contributed by atoms with Crippen LogP contribution in [0.3, 0.4) is 0 Å². The lowest BCUT2D eigenvalue weighted by molar-refractivity contribution is -0.384. The Bertz CT molecular complexity index is 702. The van der Waals surface area contributed by atoms with Crippen molar-refractivity contribution in [3.63, 3.8) is 0 Å². The van der Waals surface area contributed by atoms with E-state index in [1.54, 1.807) is 0 Å². The topological polar surface area (TPSA) is 144 Å². The molecule has 1 aliphatic rings. The molecule has 1 fully saturated rings. The predicted molar refractivity (Wildman–Crippen MR) is 73.5 cm³/mol. The number of aliphatic hydroxyl groups excluding tert-OH is 1. The van der Waals surface area contributed by atoms with E-state index in [1.165, 1.54) is 0 Å². The Balaban J connectivity index is 2.44. The molecular formula is C9H10ClN3O6S2. The molecule has 1 aliphatic heterocycles. The third-order valence-electron chi connectivity index (χ3n) is 2.97. The second kappa shape index (κ2) is 5.50. The van der Waals surface area contributed by atoms with Gasteiger partial charge in [0.15, 0.2) is 4.34 Å². The number of thiophene rings is 1. The van der Waals surface area contributed by atoms with Crippen LogP contribution in [0.15, 0.2) is 10.3 Å². The van der Waals surface area contributed by atoms with Crippen LogP contribution in [-0.2, 0) is 14.8 Å². The quantitative estimate of drug-likeness (QED) is 0.571. The number of aliphatic hydroxyl groups is 1. The fourth-order valence-electron chi connectivity index (χ4n) is 2.01. The first kappa shape index (κ1) is 16.1. The van der Waals surface area contributed by atoms with Gasteiger partial charge in [0.1, 0.15) is 10.3 Å². The summed E-state index contributed by atoms with van der Waals surface area (Å²) in [6.45, 7) is -0.306. The normalized spacial score (nSPS) is 23.3. The lowest BCUT2D eigenvalue weighted by Gasteiger charge is -2.20. The van der Waals surface area contributed by atoms with Gasteiger partial charge < -0.3 is 10.8 Å². The Morgan fingerprint density at radius 2 is 2.24 bits per heavy atom. The van der Waals surface area contributed by atoms with Crippen molar-refractivity contribution in [2.45, 2.75) is 22.8 Å². The Morgan fingerprint density at radius 3 is 2.71 bits per heavy atom. The van der Waals surface area contributed by atoms with E-state index in [9.17, 15) is 28.4 Å². The molecule has 12 heteroatoms. The summed E-state index contributed by atoms with van der Waals surface area (Å²) in [5.41, 5.74) is 4.59. The number of primary amides is 1. The Kier molecular flexibility index (Phi) is 4.22. The van der Waals surface area contributed by atoms with E-state index in [4.69, 9.17) is 17.3 Å². The molecular weight excluding hydrogens is 346 g/mol. The summed E-state index contributed by atoms with van der Waals surface area (Å²) < 4.78 is 24.9. The smallest absolute Gasteiger partial charge is 0.300 e. The number of hydrogen-bond acceptors (Lipinski definition) is 7. The van der Waals surface area contributed by atoms with E-state index in [0.29, 0.717) is 11.3 Å². The third kappa shape index (κ3) is 2.87. The molecule has 1 aromatic heterocycles. The van der Waals surface area contributed by atoms with E-state index in [0.717, 1.165) is 10.4 Å². The molecule has 1 saturated heterocycles. The van der Waals surface area contributed by atoms with Gasteiger partial charge in [-0.3, -0.25) is 14.9 Å². The second-order valence-electron chi connectivity index (χ2n) is 4.36. The highest BCUT2D eigenvalue weighted by molar-refractivity contribution is 7.91. The maximum Gasteiger partial charge on any atom is 0.300 e. The first-order chi connectivity index (χ1) is 9.64. The molecule has 0 aliphatic carbocycles. The van der Waals surface area contributed by atoms with Crippen molar-refractivity contribution in [1.29, 1.82) is 0 Å². The number of nitrogens with zero attached hydrogens (tertiary/aromatic N) is 2. The highest BCUT2D eigenvalue weighted by atomic mass is 35.5. The van der Waals surface area contributed by atoms with Gasteiger partial charge in [-0.05, 0) is 0 Å². The standard InChI is InChI=1S/C9H10ClN3O6S2/c10-8-5(13(16)17)2-7(20-8)21(18,19)12-3-4(14)1-6(12)9(11)15/h2,4,6,14H,1,3H2,(H2,11,15). The Hall–Kier alpha value is -1.27. The average Bonchev–Trinajstić information content (AvgIpc) is 2.93. The fourth-order valence-corrected chi connectivity index (χ4v) is 5.45. The largest absolute Gasteiger partial charge is 0.392 e. The van der Waals surface area contributed by atoms with Gasteiger partial charge in [-0.1, -0.05) is 11.6 Å². The van der Waals surface area contributed by atoms with E-state index in [1.807, 2.05) is 0 Å². The number of nitrogens with two attached hydrogens (primary N) is 1. The third-order valence-corrected chi connectivity index (χ3v) is 6.63. The molecule has 2 rings (SSSR count). The Morgan fingerprint density at radius 1 is 1.62 bits per heavy atom. The van der Waals surface area contributed by atoms with Crippen LogP contribution in [0.25, 0.3) is 0 Å². The molecule has 2 atom stereocenters. The number of nitro groups is 1. The van der Waals surface area contributed by atoms with Crippen LogP contribution < -0.4 is 5.73 Å². The number of carbonyl (C=O) groups is 1. The van der Waals surface area contributed by atoms with Crippen LogP contribution in [0, 0.1) is 10.1 Å². The molecule has 1 amide bonds. The van der Waals surface area contributed by atoms with Gasteiger partial charge >= 0.3 is 0 Å². The predicted octanol–water partition coefficient (Wildman–Crippen LogP) is -0.0811. The van der Waals surface area contributed by atoms with Gasteiger partial charge in [0.2, 0.25) is 5.91 Å². The first-order valence-electron chi connectivity index (χ1n) is 5.57. The molecule has 0 aromatic carbocycles. The zero-order valence-electron chi connectivity index (χ0n) is 10.3. The van der Waals surface area contributed by atoms with Crippen molar-refractivity contribution in [2.24, 2.45) is 5.73 Å². The van der Waals surface area contributed by atoms with Crippen molar-refractivity contribution < 1.29 is 23.2 Å². The van der Waals surface area contributed by atoms with Gasteiger partial charge in [0.05, 0.1) is 11.0 Å². The monoisotopic (exact) mass is 355 g/mol. The number of β-amino-alcohol motifs (C(OH)–C–C–N with tert-alkyl or cyclic N) is 1. The van der Waals surface area contributed by atoms with Gasteiger partial charge in [-0.15, -0.1) is 11.3 Å². The summed E-state index contributed by atoms with van der Waals surface area (Å²) in [6, 6.07) is -0.365. The number of amides is 1. The molecule has 2 heterocycles. The zero-order chi connectivity index (χ0) is 15.9. The molecule has 9 nitrogen and oxygen atoms in total. The molecule has 1 aromatic rings. The minimum atomic E-state index is -4.20. The van der Waals surface area contributed by atoms with Crippen molar-refractivity contribution in [2.75, 3.05) is 6.54 Å². The van der Waals surface area contributed by atoms with Gasteiger partial charge in [0.25, 0.3) is 15.7 Å². The number of sulfonamides is 1. The number of carbonyl (C=O) groups excluding carboxylic acids is 1. The molecule has 21 heavy (non-hydrogen) atoms. The van der Waals surface area contributed by atoms with Crippen LogP contribution in [0.4, 0.5) is 5.69 Å². The minimum absolute atomic E-state index is 0.115. The van der Waals surface area contributed by atoms with Gasteiger partial charge in [-0.2, -0.15) is 4.31 Å². The fraction of sp³-hybridized carbons (Fsp3) is 0.444. The SMILES string of the molecule is NC(=O)C1CC(O)CN1S(=O)(=O)c1cc([N+](=O)[O-])c(Cl)s1. The highest BCUT2D eigenvalue weighted by Crippen LogP contribution is 2.38. The van der Waals surface area contributed by atoms with E-state index < -0.39 is 38.7 Å². The summed E-state index contributed by atoms with van der Waals surface area (Å²) in [4.78, 5) is 21.2. The van der Waals surface area contributed by atoms with Crippen LogP contribution in [-0.4, -0.2) is 47.4 Å². The van der Waals surface area contributed by atoms with Crippen LogP contribution in [0.2, 0.25) is 4.34 Å². The number of rotatable bonds is 4. The maximum absolute atomic E-state index is 12.4. The Labute approximate surface area is 128 Å². The summed E-state index contributed by atoms with van der Waals surface area (Å²) in [5.74, 6) is -0.896. The van der Waals surface area contributed by atoms with Crippen LogP contribution >= 0.6 is 22.9 Å². The molecule has 0 saturated carbocycles. The summed E-state index contributed by atoms with van der Waals surface area (Å²) in [6.07, 6.45) is -1.14. The summed E-state index contributed by atoms with van der Waals surface area (Å²) in [5, 5.41) is 20.2. The molecule has 0 spiro atoms. The van der Waals surface area contributed by atoms with E-state index in [-0.39, 0.29) is 21.5 Å². The summed E-state index contributed by atoms with van der Waals surface area (Å²) in [7, 11) is -4.20. The van der Waals surface area contributed by atoms with E-state index in [2.05, 4.69) is 0 Å². The molecule has 2 unspecified atom stereocenters. The van der Waals surface area contributed by atoms with E-state index >= 15 is 0 Å². The minimum Gasteiger partial charge on any atom is -0.392 e. The molecule has 0 radical (unpaired) electrons. The first-order valence-corrected chi connectivity index (χ1v) is 8.21. The number of halogens is 1. The zero-order valence-corrected chi connectivity index (χ0v) is 12.7.